The zero-order valence-corrected chi connectivity index (χ0v) is 12.0. The fourth-order valence-electron chi connectivity index (χ4n) is 2.13. The topological polar surface area (TPSA) is 113 Å². The molecule has 9 heteroatoms. The van der Waals surface area contributed by atoms with Crippen molar-refractivity contribution in [2.75, 3.05) is 13.1 Å². The molecule has 1 aromatic heterocycles. The monoisotopic (exact) mass is 305 g/mol. The van der Waals surface area contributed by atoms with E-state index in [0.717, 1.165) is 0 Å². The molecule has 0 aromatic carbocycles. The lowest BCUT2D eigenvalue weighted by Gasteiger charge is -2.29. The maximum absolute atomic E-state index is 12.4. The van der Waals surface area contributed by atoms with E-state index in [1.807, 2.05) is 0 Å². The normalized spacial score (nSPS) is 18.6. The van der Waals surface area contributed by atoms with Crippen LogP contribution < -0.4 is 10.6 Å². The highest BCUT2D eigenvalue weighted by molar-refractivity contribution is 7.91. The third-order valence-corrected chi connectivity index (χ3v) is 6.69. The number of aryl methyl sites for hydroxylation is 1. The molecule has 2 rings (SSSR count). The molecule has 1 aromatic rings. The van der Waals surface area contributed by atoms with Crippen LogP contribution >= 0.6 is 11.3 Å². The maximum Gasteiger partial charge on any atom is 0.305 e. The quantitative estimate of drug-likeness (QED) is 0.793. The standard InChI is InChI=1S/C10H15N3O4S2/c1-6-9(18-10(15)12-6)19(16,17)13-4-2-7(3-5-13)8(11)14/h7H,2-5H2,1H3,(H2,11,14)(H,12,15). The fourth-order valence-corrected chi connectivity index (χ4v) is 5.04. The molecule has 106 valence electrons. The Labute approximate surface area is 114 Å². The van der Waals surface area contributed by atoms with E-state index in [1.54, 1.807) is 6.92 Å². The summed E-state index contributed by atoms with van der Waals surface area (Å²) in [5.74, 6) is -0.656. The number of carbonyl (C=O) groups is 1. The molecule has 1 aliphatic heterocycles. The molecule has 0 unspecified atom stereocenters. The molecule has 19 heavy (non-hydrogen) atoms. The molecule has 0 radical (unpaired) electrons. The Bertz CT molecular complexity index is 638. The summed E-state index contributed by atoms with van der Waals surface area (Å²) in [4.78, 5) is 24.3. The molecule has 3 N–H and O–H groups in total. The largest absolute Gasteiger partial charge is 0.369 e. The molecule has 7 nitrogen and oxygen atoms in total. The Balaban J connectivity index is 2.21. The molecule has 0 bridgehead atoms. The van der Waals surface area contributed by atoms with Crippen molar-refractivity contribution in [2.45, 2.75) is 24.0 Å². The minimum Gasteiger partial charge on any atom is -0.369 e. The van der Waals surface area contributed by atoms with Gasteiger partial charge in [-0.2, -0.15) is 4.31 Å². The lowest BCUT2D eigenvalue weighted by molar-refractivity contribution is -0.122. The number of hydrogen-bond donors (Lipinski definition) is 2. The summed E-state index contributed by atoms with van der Waals surface area (Å²) >= 11 is 0.690. The van der Waals surface area contributed by atoms with Gasteiger partial charge in [-0.3, -0.25) is 9.59 Å². The van der Waals surface area contributed by atoms with Crippen molar-refractivity contribution in [3.05, 3.63) is 15.4 Å². The fraction of sp³-hybridized carbons (Fsp3) is 0.600. The van der Waals surface area contributed by atoms with E-state index < -0.39 is 10.0 Å². The highest BCUT2D eigenvalue weighted by Gasteiger charge is 2.33. The van der Waals surface area contributed by atoms with Crippen LogP contribution in [0.5, 0.6) is 0 Å². The van der Waals surface area contributed by atoms with Gasteiger partial charge in [-0.25, -0.2) is 8.42 Å². The molecule has 1 aliphatic rings. The molecular weight excluding hydrogens is 290 g/mol. The summed E-state index contributed by atoms with van der Waals surface area (Å²) in [5.41, 5.74) is 5.56. The number of sulfonamides is 1. The van der Waals surface area contributed by atoms with Crippen molar-refractivity contribution in [3.63, 3.8) is 0 Å². The Morgan fingerprint density at radius 1 is 1.42 bits per heavy atom. The van der Waals surface area contributed by atoms with Crippen LogP contribution in [0.3, 0.4) is 0 Å². The molecule has 1 fully saturated rings. The highest BCUT2D eigenvalue weighted by Crippen LogP contribution is 2.26. The Kier molecular flexibility index (Phi) is 3.79. The van der Waals surface area contributed by atoms with E-state index in [1.165, 1.54) is 4.31 Å². The number of amides is 1. The van der Waals surface area contributed by atoms with Gasteiger partial charge >= 0.3 is 4.87 Å². The van der Waals surface area contributed by atoms with E-state index in [-0.39, 0.29) is 34.0 Å². The maximum atomic E-state index is 12.4. The number of hydrogen-bond acceptors (Lipinski definition) is 5. The van der Waals surface area contributed by atoms with Gasteiger partial charge in [0, 0.05) is 24.7 Å². The minimum atomic E-state index is -3.65. The lowest BCUT2D eigenvalue weighted by atomic mass is 9.98. The van der Waals surface area contributed by atoms with Crippen LogP contribution in [-0.2, 0) is 14.8 Å². The predicted molar refractivity (Wildman–Crippen MR) is 70.4 cm³/mol. The highest BCUT2D eigenvalue weighted by atomic mass is 32.2. The summed E-state index contributed by atoms with van der Waals surface area (Å²) in [6.07, 6.45) is 0.847. The number of nitrogens with zero attached hydrogens (tertiary/aromatic N) is 1. The van der Waals surface area contributed by atoms with E-state index >= 15 is 0 Å². The smallest absolute Gasteiger partial charge is 0.305 e. The summed E-state index contributed by atoms with van der Waals surface area (Å²) in [7, 11) is -3.65. The van der Waals surface area contributed by atoms with Crippen LogP contribution in [-0.4, -0.2) is 36.7 Å². The predicted octanol–water partition coefficient (Wildman–Crippen LogP) is -0.369. The molecule has 1 amide bonds. The van der Waals surface area contributed by atoms with Gasteiger partial charge in [0.2, 0.25) is 5.91 Å². The number of aromatic nitrogens is 1. The first-order valence-corrected chi connectivity index (χ1v) is 8.07. The molecule has 2 heterocycles. The summed E-state index contributed by atoms with van der Waals surface area (Å²) in [5, 5.41) is 0. The minimum absolute atomic E-state index is 0.0509. The first kappa shape index (κ1) is 14.2. The second-order valence-corrected chi connectivity index (χ2v) is 7.62. The lowest BCUT2D eigenvalue weighted by Crippen LogP contribution is -2.41. The average molecular weight is 305 g/mol. The Hall–Kier alpha value is -1.19. The number of H-pyrrole nitrogens is 1. The van der Waals surface area contributed by atoms with Crippen molar-refractivity contribution in [3.8, 4) is 0 Å². The van der Waals surface area contributed by atoms with Crippen molar-refractivity contribution >= 4 is 27.3 Å². The van der Waals surface area contributed by atoms with Gasteiger partial charge in [0.1, 0.15) is 0 Å². The average Bonchev–Trinajstić information content (AvgIpc) is 2.69. The number of piperidine rings is 1. The summed E-state index contributed by atoms with van der Waals surface area (Å²) in [6, 6.07) is 0. The first-order chi connectivity index (χ1) is 8.82. The van der Waals surface area contributed by atoms with Gasteiger partial charge in [0.15, 0.2) is 4.21 Å². The zero-order chi connectivity index (χ0) is 14.2. The number of rotatable bonds is 3. The molecule has 0 saturated carbocycles. The SMILES string of the molecule is Cc1[nH]c(=O)sc1S(=O)(=O)N1CCC(C(N)=O)CC1. The van der Waals surface area contributed by atoms with Crippen LogP contribution in [0.4, 0.5) is 0 Å². The third-order valence-electron chi connectivity index (χ3n) is 3.21. The number of thiazole rings is 1. The van der Waals surface area contributed by atoms with Crippen LogP contribution in [0.25, 0.3) is 0 Å². The molecular formula is C10H15N3O4S2. The van der Waals surface area contributed by atoms with Gasteiger partial charge in [0.05, 0.1) is 0 Å². The van der Waals surface area contributed by atoms with Crippen molar-refractivity contribution in [2.24, 2.45) is 11.7 Å². The van der Waals surface area contributed by atoms with Gasteiger partial charge in [0.25, 0.3) is 10.0 Å². The zero-order valence-electron chi connectivity index (χ0n) is 10.4. The van der Waals surface area contributed by atoms with Gasteiger partial charge < -0.3 is 10.7 Å². The second-order valence-electron chi connectivity index (χ2n) is 4.51. The summed E-state index contributed by atoms with van der Waals surface area (Å²) in [6.45, 7) is 2.06. The molecule has 0 atom stereocenters. The van der Waals surface area contributed by atoms with E-state index in [2.05, 4.69) is 4.98 Å². The third kappa shape index (κ3) is 2.72. The number of primary amides is 1. The summed E-state index contributed by atoms with van der Waals surface area (Å²) < 4.78 is 26.1. The van der Waals surface area contributed by atoms with E-state index in [9.17, 15) is 18.0 Å². The number of nitrogens with two attached hydrogens (primary N) is 1. The van der Waals surface area contributed by atoms with Gasteiger partial charge in [-0.1, -0.05) is 11.3 Å². The van der Waals surface area contributed by atoms with Gasteiger partial charge in [-0.05, 0) is 19.8 Å². The molecule has 0 aliphatic carbocycles. The van der Waals surface area contributed by atoms with Crippen LogP contribution in [0, 0.1) is 12.8 Å². The number of aromatic amines is 1. The van der Waals surface area contributed by atoms with E-state index in [4.69, 9.17) is 5.73 Å². The van der Waals surface area contributed by atoms with E-state index in [0.29, 0.717) is 29.9 Å². The number of nitrogens with one attached hydrogen (secondary N) is 1. The number of carbonyl (C=O) groups excluding carboxylic acids is 1. The molecule has 1 saturated heterocycles. The second kappa shape index (κ2) is 5.06. The van der Waals surface area contributed by atoms with Crippen molar-refractivity contribution in [1.29, 1.82) is 0 Å². The molecule has 0 spiro atoms. The Morgan fingerprint density at radius 2 is 2.00 bits per heavy atom. The van der Waals surface area contributed by atoms with Crippen LogP contribution in [0.1, 0.15) is 18.5 Å². The Morgan fingerprint density at radius 3 is 2.42 bits per heavy atom. The van der Waals surface area contributed by atoms with Gasteiger partial charge in [-0.15, -0.1) is 0 Å². The van der Waals surface area contributed by atoms with Crippen LogP contribution in [0.2, 0.25) is 0 Å². The first-order valence-electron chi connectivity index (χ1n) is 5.81. The van der Waals surface area contributed by atoms with Crippen molar-refractivity contribution < 1.29 is 13.2 Å². The van der Waals surface area contributed by atoms with Crippen molar-refractivity contribution in [1.82, 2.24) is 9.29 Å². The van der Waals surface area contributed by atoms with Crippen LogP contribution in [0.15, 0.2) is 9.00 Å².